The molecule has 0 aromatic heterocycles. The van der Waals surface area contributed by atoms with E-state index in [1.54, 1.807) is 13.1 Å². The quantitative estimate of drug-likeness (QED) is 0.777. The Bertz CT molecular complexity index is 394. The maximum atomic E-state index is 12.9. The van der Waals surface area contributed by atoms with Crippen LogP contribution in [0.5, 0.6) is 5.75 Å². The third-order valence-corrected chi connectivity index (χ3v) is 2.48. The van der Waals surface area contributed by atoms with E-state index in [9.17, 15) is 13.2 Å². The zero-order valence-corrected chi connectivity index (χ0v) is 11.0. The number of methoxy groups -OCH3 is 1. The first kappa shape index (κ1) is 15.8. The van der Waals surface area contributed by atoms with Gasteiger partial charge in [0.1, 0.15) is 5.75 Å². The lowest BCUT2D eigenvalue weighted by Gasteiger charge is -2.15. The van der Waals surface area contributed by atoms with Crippen molar-refractivity contribution in [2.45, 2.75) is 19.1 Å². The Hall–Kier alpha value is -1.27. The topological polar surface area (TPSA) is 30.5 Å². The summed E-state index contributed by atoms with van der Waals surface area (Å²) in [5, 5.41) is 2.82. The van der Waals surface area contributed by atoms with Crippen LogP contribution in [0, 0.1) is 0 Å². The molecule has 1 rings (SSSR count). The summed E-state index contributed by atoms with van der Waals surface area (Å²) in [6, 6.07) is 4.10. The monoisotopic (exact) mass is 277 g/mol. The minimum Gasteiger partial charge on any atom is -0.493 e. The van der Waals surface area contributed by atoms with Crippen molar-refractivity contribution in [1.82, 2.24) is 5.32 Å². The molecule has 1 aromatic carbocycles. The van der Waals surface area contributed by atoms with Gasteiger partial charge < -0.3 is 14.8 Å². The molecule has 0 radical (unpaired) electrons. The number of rotatable bonds is 7. The van der Waals surface area contributed by atoms with Gasteiger partial charge in [0.05, 0.1) is 12.2 Å². The smallest absolute Gasteiger partial charge is 0.419 e. The fourth-order valence-corrected chi connectivity index (χ4v) is 1.62. The van der Waals surface area contributed by atoms with Crippen LogP contribution in [-0.4, -0.2) is 27.4 Å². The molecule has 0 atom stereocenters. The van der Waals surface area contributed by atoms with E-state index in [-0.39, 0.29) is 12.4 Å². The van der Waals surface area contributed by atoms with Crippen molar-refractivity contribution in [2.75, 3.05) is 27.4 Å². The second-order valence-electron chi connectivity index (χ2n) is 4.05. The molecule has 0 amide bonds. The van der Waals surface area contributed by atoms with Gasteiger partial charge in [-0.1, -0.05) is 6.07 Å². The zero-order valence-electron chi connectivity index (χ0n) is 11.0. The molecule has 3 nitrogen and oxygen atoms in total. The summed E-state index contributed by atoms with van der Waals surface area (Å²) >= 11 is 0. The van der Waals surface area contributed by atoms with Gasteiger partial charge in [-0.25, -0.2) is 0 Å². The van der Waals surface area contributed by atoms with E-state index in [4.69, 9.17) is 9.47 Å². The SMILES string of the molecule is CNCc1ccc(OCCCOC)c(C(F)(F)F)c1. The summed E-state index contributed by atoms with van der Waals surface area (Å²) < 4.78 is 48.8. The predicted molar refractivity (Wildman–Crippen MR) is 66.2 cm³/mol. The predicted octanol–water partition coefficient (Wildman–Crippen LogP) is 2.84. The Morgan fingerprint density at radius 1 is 1.21 bits per heavy atom. The van der Waals surface area contributed by atoms with E-state index in [1.807, 2.05) is 0 Å². The van der Waals surface area contributed by atoms with Crippen molar-refractivity contribution in [2.24, 2.45) is 0 Å². The number of alkyl halides is 3. The molecule has 1 aromatic rings. The van der Waals surface area contributed by atoms with Gasteiger partial charge in [-0.3, -0.25) is 0 Å². The number of nitrogens with one attached hydrogen (secondary N) is 1. The molecular weight excluding hydrogens is 259 g/mol. The maximum absolute atomic E-state index is 12.9. The lowest BCUT2D eigenvalue weighted by atomic mass is 10.1. The molecule has 0 fully saturated rings. The first-order valence-corrected chi connectivity index (χ1v) is 5.95. The van der Waals surface area contributed by atoms with Gasteiger partial charge in [0.25, 0.3) is 0 Å². The molecule has 0 unspecified atom stereocenters. The molecule has 0 heterocycles. The number of hydrogen-bond acceptors (Lipinski definition) is 3. The summed E-state index contributed by atoms with van der Waals surface area (Å²) in [7, 11) is 3.22. The van der Waals surface area contributed by atoms with Crippen LogP contribution in [0.2, 0.25) is 0 Å². The summed E-state index contributed by atoms with van der Waals surface area (Å²) in [6.45, 7) is 1.04. The van der Waals surface area contributed by atoms with E-state index in [1.165, 1.54) is 13.2 Å². The van der Waals surface area contributed by atoms with Crippen molar-refractivity contribution >= 4 is 0 Å². The highest BCUT2D eigenvalue weighted by Gasteiger charge is 2.34. The largest absolute Gasteiger partial charge is 0.493 e. The molecule has 1 N–H and O–H groups in total. The standard InChI is InChI=1S/C13H18F3NO2/c1-17-9-10-4-5-12(19-7-3-6-18-2)11(8-10)13(14,15)16/h4-5,8,17H,3,6-7,9H2,1-2H3. The van der Waals surface area contributed by atoms with Crippen LogP contribution in [0.1, 0.15) is 17.5 Å². The van der Waals surface area contributed by atoms with E-state index < -0.39 is 11.7 Å². The van der Waals surface area contributed by atoms with Crippen LogP contribution in [0.4, 0.5) is 13.2 Å². The van der Waals surface area contributed by atoms with Crippen molar-refractivity contribution in [3.8, 4) is 5.75 Å². The van der Waals surface area contributed by atoms with Crippen LogP contribution >= 0.6 is 0 Å². The zero-order chi connectivity index (χ0) is 14.3. The second-order valence-corrected chi connectivity index (χ2v) is 4.05. The Balaban J connectivity index is 2.84. The first-order valence-electron chi connectivity index (χ1n) is 5.95. The summed E-state index contributed by atoms with van der Waals surface area (Å²) in [5.74, 6) is -0.136. The fourth-order valence-electron chi connectivity index (χ4n) is 1.62. The van der Waals surface area contributed by atoms with Crippen LogP contribution in [-0.2, 0) is 17.5 Å². The van der Waals surface area contributed by atoms with Crippen molar-refractivity contribution in [1.29, 1.82) is 0 Å². The normalized spacial score (nSPS) is 11.6. The van der Waals surface area contributed by atoms with E-state index >= 15 is 0 Å². The van der Waals surface area contributed by atoms with E-state index in [2.05, 4.69) is 5.32 Å². The summed E-state index contributed by atoms with van der Waals surface area (Å²) in [5.41, 5.74) is -0.170. The molecule has 108 valence electrons. The van der Waals surface area contributed by atoms with Gasteiger partial charge in [0, 0.05) is 26.7 Å². The average Bonchev–Trinajstić information content (AvgIpc) is 2.35. The van der Waals surface area contributed by atoms with E-state index in [0.717, 1.165) is 6.07 Å². The lowest BCUT2D eigenvalue weighted by molar-refractivity contribution is -0.139. The molecule has 0 spiro atoms. The van der Waals surface area contributed by atoms with Gasteiger partial charge in [-0.15, -0.1) is 0 Å². The highest BCUT2D eigenvalue weighted by molar-refractivity contribution is 5.39. The number of ether oxygens (including phenoxy) is 2. The van der Waals surface area contributed by atoms with Crippen LogP contribution in [0.15, 0.2) is 18.2 Å². The Morgan fingerprint density at radius 3 is 2.53 bits per heavy atom. The highest BCUT2D eigenvalue weighted by Crippen LogP contribution is 2.36. The van der Waals surface area contributed by atoms with Gasteiger partial charge in [0.15, 0.2) is 0 Å². The van der Waals surface area contributed by atoms with Crippen molar-refractivity contribution < 1.29 is 22.6 Å². The molecule has 6 heteroatoms. The Morgan fingerprint density at radius 2 is 1.95 bits per heavy atom. The first-order chi connectivity index (χ1) is 8.99. The van der Waals surface area contributed by atoms with Gasteiger partial charge in [-0.2, -0.15) is 13.2 Å². The fraction of sp³-hybridized carbons (Fsp3) is 0.538. The van der Waals surface area contributed by atoms with Gasteiger partial charge in [-0.05, 0) is 24.7 Å². The minimum absolute atomic E-state index is 0.136. The van der Waals surface area contributed by atoms with Crippen LogP contribution < -0.4 is 10.1 Å². The summed E-state index contributed by atoms with van der Waals surface area (Å²) in [6.07, 6.45) is -3.87. The highest BCUT2D eigenvalue weighted by atomic mass is 19.4. The molecular formula is C13H18F3NO2. The Labute approximate surface area is 110 Å². The number of benzene rings is 1. The van der Waals surface area contributed by atoms with Crippen LogP contribution in [0.25, 0.3) is 0 Å². The average molecular weight is 277 g/mol. The molecule has 0 aliphatic heterocycles. The summed E-state index contributed by atoms with van der Waals surface area (Å²) in [4.78, 5) is 0. The number of hydrogen-bond donors (Lipinski definition) is 1. The maximum Gasteiger partial charge on any atom is 0.419 e. The van der Waals surface area contributed by atoms with Gasteiger partial charge in [0.2, 0.25) is 0 Å². The Kier molecular flexibility index (Phi) is 6.11. The van der Waals surface area contributed by atoms with E-state index in [0.29, 0.717) is 25.1 Å². The number of halogens is 3. The molecule has 0 saturated carbocycles. The molecule has 19 heavy (non-hydrogen) atoms. The third kappa shape index (κ3) is 5.08. The third-order valence-electron chi connectivity index (χ3n) is 2.48. The minimum atomic E-state index is -4.42. The molecule has 0 aliphatic rings. The van der Waals surface area contributed by atoms with Crippen LogP contribution in [0.3, 0.4) is 0 Å². The molecule has 0 aliphatic carbocycles. The second kappa shape index (κ2) is 7.35. The lowest BCUT2D eigenvalue weighted by Crippen LogP contribution is -2.12. The van der Waals surface area contributed by atoms with Crippen molar-refractivity contribution in [3.63, 3.8) is 0 Å². The van der Waals surface area contributed by atoms with Gasteiger partial charge >= 0.3 is 6.18 Å². The van der Waals surface area contributed by atoms with Crippen molar-refractivity contribution in [3.05, 3.63) is 29.3 Å². The molecule has 0 bridgehead atoms. The molecule has 0 saturated heterocycles.